The van der Waals surface area contributed by atoms with Gasteiger partial charge < -0.3 is 15.4 Å². The maximum Gasteiger partial charge on any atom is 0.191 e. The molecule has 6 nitrogen and oxygen atoms in total. The molecule has 0 saturated heterocycles. The number of hydrogen-bond acceptors (Lipinski definition) is 4. The first-order valence-corrected chi connectivity index (χ1v) is 10.3. The van der Waals surface area contributed by atoms with E-state index in [0.717, 1.165) is 11.3 Å². The maximum atomic E-state index is 12.2. The van der Waals surface area contributed by atoms with E-state index in [1.807, 2.05) is 38.1 Å². The quantitative estimate of drug-likeness (QED) is 0.543. The zero-order valence-electron chi connectivity index (χ0n) is 15.9. The van der Waals surface area contributed by atoms with E-state index in [4.69, 9.17) is 4.74 Å². The summed E-state index contributed by atoms with van der Waals surface area (Å²) in [5.74, 6) is 1.48. The summed E-state index contributed by atoms with van der Waals surface area (Å²) in [6.45, 7) is 11.1. The summed E-state index contributed by atoms with van der Waals surface area (Å²) in [4.78, 5) is 4.53. The van der Waals surface area contributed by atoms with Crippen LogP contribution in [0.25, 0.3) is 0 Å². The molecule has 25 heavy (non-hydrogen) atoms. The smallest absolute Gasteiger partial charge is 0.191 e. The minimum absolute atomic E-state index is 0.0659. The van der Waals surface area contributed by atoms with Crippen molar-refractivity contribution in [2.75, 3.05) is 25.4 Å². The zero-order valence-corrected chi connectivity index (χ0v) is 16.7. The van der Waals surface area contributed by atoms with Crippen LogP contribution in [0.4, 0.5) is 0 Å². The van der Waals surface area contributed by atoms with Crippen LogP contribution in [-0.2, 0) is 16.4 Å². The third-order valence-corrected chi connectivity index (χ3v) is 6.23. The van der Waals surface area contributed by atoms with Gasteiger partial charge in [-0.15, -0.1) is 0 Å². The maximum absolute atomic E-state index is 12.2. The Labute approximate surface area is 152 Å². The lowest BCUT2D eigenvalue weighted by molar-refractivity contribution is 0.336. The summed E-state index contributed by atoms with van der Waals surface area (Å²) >= 11 is 0. The number of aliphatic imine (C=N–C) groups is 1. The summed E-state index contributed by atoms with van der Waals surface area (Å²) in [6, 6.07) is 7.77. The van der Waals surface area contributed by atoms with Crippen molar-refractivity contribution in [2.45, 2.75) is 45.9 Å². The molecule has 0 aromatic heterocycles. The van der Waals surface area contributed by atoms with Crippen molar-refractivity contribution in [1.29, 1.82) is 0 Å². The molecule has 0 unspecified atom stereocenters. The van der Waals surface area contributed by atoms with Gasteiger partial charge in [-0.25, -0.2) is 13.4 Å². The molecule has 2 N–H and O–H groups in total. The van der Waals surface area contributed by atoms with Gasteiger partial charge in [0.2, 0.25) is 0 Å². The molecule has 0 spiro atoms. The number of rotatable bonds is 8. The topological polar surface area (TPSA) is 79.8 Å². The number of ether oxygens (including phenoxy) is 1. The first kappa shape index (κ1) is 21.3. The highest BCUT2D eigenvalue weighted by molar-refractivity contribution is 7.92. The molecule has 0 amide bonds. The first-order valence-electron chi connectivity index (χ1n) is 8.66. The molecule has 0 saturated carbocycles. The Kier molecular flexibility index (Phi) is 8.22. The van der Waals surface area contributed by atoms with E-state index < -0.39 is 14.6 Å². The average Bonchev–Trinajstić information content (AvgIpc) is 2.53. The summed E-state index contributed by atoms with van der Waals surface area (Å²) < 4.78 is 29.2. The van der Waals surface area contributed by atoms with Crippen LogP contribution in [0.5, 0.6) is 5.75 Å². The zero-order chi connectivity index (χ0) is 18.9. The van der Waals surface area contributed by atoms with Crippen molar-refractivity contribution >= 4 is 15.8 Å². The molecule has 0 heterocycles. The van der Waals surface area contributed by atoms with E-state index in [0.29, 0.717) is 32.2 Å². The summed E-state index contributed by atoms with van der Waals surface area (Å²) in [7, 11) is -3.15. The Hall–Kier alpha value is -1.76. The SMILES string of the molecule is CCNC(=NCc1ccccc1OCC)NCCS(=O)(=O)C(C)(C)C. The molecule has 0 fully saturated rings. The fourth-order valence-electron chi connectivity index (χ4n) is 2.05. The summed E-state index contributed by atoms with van der Waals surface area (Å²) in [6.07, 6.45) is 0. The van der Waals surface area contributed by atoms with Gasteiger partial charge in [0.15, 0.2) is 15.8 Å². The van der Waals surface area contributed by atoms with Crippen molar-refractivity contribution < 1.29 is 13.2 Å². The largest absolute Gasteiger partial charge is 0.494 e. The van der Waals surface area contributed by atoms with Crippen LogP contribution in [0.15, 0.2) is 29.3 Å². The second-order valence-electron chi connectivity index (χ2n) is 6.59. The van der Waals surface area contributed by atoms with Crippen LogP contribution >= 0.6 is 0 Å². The second-order valence-corrected chi connectivity index (χ2v) is 9.46. The van der Waals surface area contributed by atoms with Crippen molar-refractivity contribution in [3.63, 3.8) is 0 Å². The Morgan fingerprint density at radius 3 is 2.44 bits per heavy atom. The highest BCUT2D eigenvalue weighted by atomic mass is 32.2. The minimum atomic E-state index is -3.15. The van der Waals surface area contributed by atoms with E-state index in [1.165, 1.54) is 0 Å². The molecule has 1 aromatic carbocycles. The standard InChI is InChI=1S/C18H31N3O3S/c1-6-19-17(20-12-13-25(22,23)18(3,4)5)21-14-15-10-8-9-11-16(15)24-7-2/h8-11H,6-7,12-14H2,1-5H3,(H2,19,20,21). The van der Waals surface area contributed by atoms with E-state index in [2.05, 4.69) is 15.6 Å². The molecule has 1 rings (SSSR count). The van der Waals surface area contributed by atoms with Crippen LogP contribution in [0, 0.1) is 0 Å². The van der Waals surface area contributed by atoms with E-state index >= 15 is 0 Å². The minimum Gasteiger partial charge on any atom is -0.494 e. The fraction of sp³-hybridized carbons (Fsp3) is 0.611. The number of hydrogen-bond donors (Lipinski definition) is 2. The molecule has 0 aliphatic rings. The van der Waals surface area contributed by atoms with Crippen molar-refractivity contribution in [3.05, 3.63) is 29.8 Å². The number of sulfone groups is 1. The molecule has 0 atom stereocenters. The van der Waals surface area contributed by atoms with Gasteiger partial charge in [-0.1, -0.05) is 18.2 Å². The van der Waals surface area contributed by atoms with Crippen LogP contribution in [0.3, 0.4) is 0 Å². The van der Waals surface area contributed by atoms with Crippen LogP contribution in [0.1, 0.15) is 40.2 Å². The van der Waals surface area contributed by atoms with E-state index in [-0.39, 0.29) is 5.75 Å². The lowest BCUT2D eigenvalue weighted by atomic mass is 10.2. The van der Waals surface area contributed by atoms with Gasteiger partial charge in [0, 0.05) is 18.7 Å². The van der Waals surface area contributed by atoms with Gasteiger partial charge in [0.25, 0.3) is 0 Å². The number of nitrogens with one attached hydrogen (secondary N) is 2. The third kappa shape index (κ3) is 6.94. The highest BCUT2D eigenvalue weighted by Crippen LogP contribution is 2.18. The normalized spacial score (nSPS) is 12.8. The molecule has 0 aliphatic carbocycles. The van der Waals surface area contributed by atoms with Crippen LogP contribution in [0.2, 0.25) is 0 Å². The average molecular weight is 370 g/mol. The lowest BCUT2D eigenvalue weighted by Gasteiger charge is -2.19. The van der Waals surface area contributed by atoms with Gasteiger partial charge in [-0.3, -0.25) is 0 Å². The molecule has 0 radical (unpaired) electrons. The molecular formula is C18H31N3O3S. The van der Waals surface area contributed by atoms with Crippen molar-refractivity contribution in [1.82, 2.24) is 10.6 Å². The predicted octanol–water partition coefficient (Wildman–Crippen LogP) is 2.35. The van der Waals surface area contributed by atoms with Crippen molar-refractivity contribution in [2.24, 2.45) is 4.99 Å². The van der Waals surface area contributed by atoms with E-state index in [1.54, 1.807) is 20.8 Å². The van der Waals surface area contributed by atoms with Gasteiger partial charge in [0.05, 0.1) is 23.7 Å². The second kappa shape index (κ2) is 9.65. The number of para-hydroxylation sites is 1. The highest BCUT2D eigenvalue weighted by Gasteiger charge is 2.28. The predicted molar refractivity (Wildman–Crippen MR) is 104 cm³/mol. The third-order valence-electron chi connectivity index (χ3n) is 3.62. The number of nitrogens with zero attached hydrogens (tertiary/aromatic N) is 1. The molecule has 7 heteroatoms. The molecule has 0 bridgehead atoms. The molecule has 142 valence electrons. The van der Waals surface area contributed by atoms with E-state index in [9.17, 15) is 8.42 Å². The number of benzene rings is 1. The Morgan fingerprint density at radius 1 is 1.16 bits per heavy atom. The molecule has 1 aromatic rings. The van der Waals surface area contributed by atoms with Gasteiger partial charge in [0.1, 0.15) is 5.75 Å². The lowest BCUT2D eigenvalue weighted by Crippen LogP contribution is -2.41. The Morgan fingerprint density at radius 2 is 1.84 bits per heavy atom. The fourth-order valence-corrected chi connectivity index (χ4v) is 3.03. The Bertz CT molecular complexity index is 664. The Balaban J connectivity index is 2.72. The van der Waals surface area contributed by atoms with Gasteiger partial charge in [-0.05, 0) is 40.7 Å². The monoisotopic (exact) mass is 369 g/mol. The van der Waals surface area contributed by atoms with Crippen LogP contribution in [-0.4, -0.2) is 44.6 Å². The first-order chi connectivity index (χ1) is 11.7. The van der Waals surface area contributed by atoms with Crippen molar-refractivity contribution in [3.8, 4) is 5.75 Å². The summed E-state index contributed by atoms with van der Waals surface area (Å²) in [5.41, 5.74) is 0.990. The van der Waals surface area contributed by atoms with Gasteiger partial charge >= 0.3 is 0 Å². The van der Waals surface area contributed by atoms with Crippen LogP contribution < -0.4 is 15.4 Å². The summed E-state index contributed by atoms with van der Waals surface area (Å²) in [5, 5.41) is 6.22. The number of guanidine groups is 1. The molecule has 0 aliphatic heterocycles. The molecular weight excluding hydrogens is 338 g/mol. The van der Waals surface area contributed by atoms with Gasteiger partial charge in [-0.2, -0.15) is 0 Å².